The smallest absolute Gasteiger partial charge is 0.243 e. The zero-order chi connectivity index (χ0) is 30.7. The maximum Gasteiger partial charge on any atom is 0.243 e. The van der Waals surface area contributed by atoms with Gasteiger partial charge in [-0.1, -0.05) is 91.1 Å². The largest absolute Gasteiger partial charge is 0.354 e. The molecule has 0 aliphatic heterocycles. The highest BCUT2D eigenvalue weighted by atomic mass is 35.5. The highest BCUT2D eigenvalue weighted by Gasteiger charge is 2.30. The van der Waals surface area contributed by atoms with Crippen molar-refractivity contribution in [1.82, 2.24) is 10.2 Å². The number of hydrogen-bond donors (Lipinski definition) is 1. The molecule has 0 bridgehead atoms. The van der Waals surface area contributed by atoms with Crippen LogP contribution < -0.4 is 9.62 Å². The summed E-state index contributed by atoms with van der Waals surface area (Å²) in [5.74, 6) is -0.496. The van der Waals surface area contributed by atoms with Gasteiger partial charge in [0.1, 0.15) is 6.04 Å². The molecule has 0 heterocycles. The number of halogens is 2. The van der Waals surface area contributed by atoms with Crippen LogP contribution in [0.5, 0.6) is 0 Å². The summed E-state index contributed by atoms with van der Waals surface area (Å²) in [6, 6.07) is 21.2. The molecule has 0 saturated carbocycles. The van der Waals surface area contributed by atoms with E-state index in [1.807, 2.05) is 56.3 Å². The monoisotopic (exact) mass is 631 g/mol. The van der Waals surface area contributed by atoms with E-state index in [0.717, 1.165) is 35.8 Å². The molecule has 0 fully saturated rings. The Morgan fingerprint density at radius 1 is 0.905 bits per heavy atom. The van der Waals surface area contributed by atoms with E-state index in [1.54, 1.807) is 35.2 Å². The summed E-state index contributed by atoms with van der Waals surface area (Å²) in [6.07, 6.45) is 3.55. The molecule has 0 aliphatic rings. The van der Waals surface area contributed by atoms with Crippen LogP contribution in [0, 0.1) is 6.92 Å². The number of benzene rings is 3. The first-order chi connectivity index (χ1) is 20.0. The van der Waals surface area contributed by atoms with Crippen LogP contribution in [0.4, 0.5) is 5.69 Å². The molecule has 1 atom stereocenters. The first-order valence-electron chi connectivity index (χ1n) is 14.1. The third kappa shape index (κ3) is 9.75. The van der Waals surface area contributed by atoms with Crippen LogP contribution in [0.15, 0.2) is 72.8 Å². The number of nitrogens with zero attached hydrogens (tertiary/aromatic N) is 2. The molecule has 0 aromatic heterocycles. The van der Waals surface area contributed by atoms with E-state index in [4.69, 9.17) is 23.2 Å². The van der Waals surface area contributed by atoms with Crippen LogP contribution in [0.25, 0.3) is 0 Å². The van der Waals surface area contributed by atoms with Crippen LogP contribution in [0.1, 0.15) is 49.3 Å². The molecule has 226 valence electrons. The Balaban J connectivity index is 1.90. The zero-order valence-electron chi connectivity index (χ0n) is 24.4. The van der Waals surface area contributed by atoms with E-state index >= 15 is 0 Å². The molecular weight excluding hydrogens is 593 g/mol. The lowest BCUT2D eigenvalue weighted by Crippen LogP contribution is -2.50. The number of amides is 2. The van der Waals surface area contributed by atoms with E-state index in [-0.39, 0.29) is 37.7 Å². The average molecular weight is 633 g/mol. The van der Waals surface area contributed by atoms with Gasteiger partial charge in [-0.15, -0.1) is 0 Å². The number of para-hydroxylation sites is 1. The van der Waals surface area contributed by atoms with Gasteiger partial charge in [0, 0.05) is 32.5 Å². The molecule has 1 N–H and O–H groups in total. The molecule has 0 saturated heterocycles. The van der Waals surface area contributed by atoms with Gasteiger partial charge >= 0.3 is 0 Å². The Kier molecular flexibility index (Phi) is 12.7. The summed E-state index contributed by atoms with van der Waals surface area (Å²) in [4.78, 5) is 29.1. The molecule has 10 heteroatoms. The number of unbranched alkanes of at least 4 members (excludes halogenated alkanes) is 1. The molecule has 3 rings (SSSR count). The number of nitrogens with one attached hydrogen (secondary N) is 1. The van der Waals surface area contributed by atoms with Gasteiger partial charge in [0.15, 0.2) is 0 Å². The third-order valence-corrected chi connectivity index (χ3v) is 8.89. The first-order valence-corrected chi connectivity index (χ1v) is 16.7. The minimum atomic E-state index is -3.58. The Labute approximate surface area is 259 Å². The predicted octanol–water partition coefficient (Wildman–Crippen LogP) is 6.40. The van der Waals surface area contributed by atoms with Crippen LogP contribution in [0.3, 0.4) is 0 Å². The van der Waals surface area contributed by atoms with Crippen LogP contribution >= 0.6 is 23.2 Å². The Bertz CT molecular complexity index is 1450. The first kappa shape index (κ1) is 33.4. The molecule has 2 amide bonds. The quantitative estimate of drug-likeness (QED) is 0.197. The fourth-order valence-corrected chi connectivity index (χ4v) is 6.06. The second-order valence-corrected chi connectivity index (χ2v) is 13.1. The fourth-order valence-electron chi connectivity index (χ4n) is 4.72. The molecular formula is C32H39Cl2N3O4S. The van der Waals surface area contributed by atoms with E-state index < -0.39 is 16.1 Å². The lowest BCUT2D eigenvalue weighted by atomic mass is 10.0. The maximum atomic E-state index is 13.9. The molecule has 0 spiro atoms. The van der Waals surface area contributed by atoms with Crippen molar-refractivity contribution in [2.24, 2.45) is 0 Å². The Morgan fingerprint density at radius 3 is 2.24 bits per heavy atom. The Morgan fingerprint density at radius 2 is 1.60 bits per heavy atom. The normalized spacial score (nSPS) is 12.0. The number of sulfonamides is 1. The predicted molar refractivity (Wildman–Crippen MR) is 171 cm³/mol. The summed E-state index contributed by atoms with van der Waals surface area (Å²) in [5.41, 5.74) is 3.05. The summed E-state index contributed by atoms with van der Waals surface area (Å²) in [7, 11) is -3.58. The number of anilines is 1. The summed E-state index contributed by atoms with van der Waals surface area (Å²) in [5, 5.41) is 3.75. The van der Waals surface area contributed by atoms with Gasteiger partial charge in [0.2, 0.25) is 21.8 Å². The van der Waals surface area contributed by atoms with Gasteiger partial charge in [0.25, 0.3) is 0 Å². The van der Waals surface area contributed by atoms with Crippen LogP contribution in [-0.4, -0.2) is 50.5 Å². The second kappa shape index (κ2) is 16.0. The van der Waals surface area contributed by atoms with Gasteiger partial charge < -0.3 is 10.2 Å². The average Bonchev–Trinajstić information content (AvgIpc) is 2.95. The van der Waals surface area contributed by atoms with Gasteiger partial charge in [-0.3, -0.25) is 13.9 Å². The number of carbonyl (C=O) groups excluding carboxylic acids is 2. The number of carbonyl (C=O) groups is 2. The van der Waals surface area contributed by atoms with Gasteiger partial charge in [-0.05, 0) is 54.7 Å². The van der Waals surface area contributed by atoms with Crippen LogP contribution in [-0.2, 0) is 32.6 Å². The summed E-state index contributed by atoms with van der Waals surface area (Å²) in [6.45, 7) is 4.67. The van der Waals surface area contributed by atoms with E-state index in [0.29, 0.717) is 28.7 Å². The summed E-state index contributed by atoms with van der Waals surface area (Å²) < 4.78 is 26.7. The molecule has 3 aromatic carbocycles. The van der Waals surface area contributed by atoms with E-state index in [2.05, 4.69) is 5.32 Å². The van der Waals surface area contributed by atoms with Gasteiger partial charge in [-0.2, -0.15) is 0 Å². The molecule has 3 aromatic rings. The number of aryl methyl sites for hydroxylation is 1. The lowest BCUT2D eigenvalue weighted by Gasteiger charge is -2.32. The zero-order valence-corrected chi connectivity index (χ0v) is 26.7. The van der Waals surface area contributed by atoms with Crippen molar-refractivity contribution in [2.45, 2.75) is 58.5 Å². The van der Waals surface area contributed by atoms with Crippen molar-refractivity contribution < 1.29 is 18.0 Å². The second-order valence-electron chi connectivity index (χ2n) is 10.3. The number of rotatable bonds is 15. The van der Waals surface area contributed by atoms with Gasteiger partial charge in [-0.25, -0.2) is 8.42 Å². The SMILES string of the molecule is CCCCNC(=O)[C@H](Cc1ccccc1)N(Cc1ccc(Cl)c(Cl)c1)C(=O)CCCN(c1ccccc1C)S(C)(=O)=O. The molecule has 0 radical (unpaired) electrons. The molecule has 7 nitrogen and oxygen atoms in total. The fraction of sp³-hybridized carbons (Fsp3) is 0.375. The number of hydrogen-bond acceptors (Lipinski definition) is 4. The minimum Gasteiger partial charge on any atom is -0.354 e. The van der Waals surface area contributed by atoms with Crippen molar-refractivity contribution >= 4 is 50.7 Å². The highest BCUT2D eigenvalue weighted by Crippen LogP contribution is 2.26. The van der Waals surface area contributed by atoms with E-state index in [1.165, 1.54) is 4.31 Å². The molecule has 42 heavy (non-hydrogen) atoms. The van der Waals surface area contributed by atoms with Crippen molar-refractivity contribution in [3.05, 3.63) is 99.5 Å². The van der Waals surface area contributed by atoms with E-state index in [9.17, 15) is 18.0 Å². The van der Waals surface area contributed by atoms with Crippen molar-refractivity contribution in [1.29, 1.82) is 0 Å². The lowest BCUT2D eigenvalue weighted by molar-refractivity contribution is -0.141. The minimum absolute atomic E-state index is 0.0484. The maximum absolute atomic E-state index is 13.9. The van der Waals surface area contributed by atoms with Crippen molar-refractivity contribution in [3.8, 4) is 0 Å². The van der Waals surface area contributed by atoms with Crippen molar-refractivity contribution in [3.63, 3.8) is 0 Å². The van der Waals surface area contributed by atoms with Crippen LogP contribution in [0.2, 0.25) is 10.0 Å². The third-order valence-electron chi connectivity index (χ3n) is 6.97. The topological polar surface area (TPSA) is 86.8 Å². The standard InChI is InChI=1S/C32H39Cl2N3O4S/c1-4-5-19-35-32(39)30(22-25-13-7-6-8-14-25)36(23-26-17-18-27(33)28(34)21-26)31(38)16-11-20-37(42(3,40)41)29-15-10-9-12-24(29)2/h6-10,12-15,17-18,21,30H,4-5,11,16,19-20,22-23H2,1-3H3,(H,35,39)/t30-/m0/s1. The Hall–Kier alpha value is -3.07. The molecule has 0 unspecified atom stereocenters. The molecule has 0 aliphatic carbocycles. The van der Waals surface area contributed by atoms with Crippen molar-refractivity contribution in [2.75, 3.05) is 23.7 Å². The summed E-state index contributed by atoms with van der Waals surface area (Å²) >= 11 is 12.4. The van der Waals surface area contributed by atoms with Gasteiger partial charge in [0.05, 0.1) is 22.0 Å². The highest BCUT2D eigenvalue weighted by molar-refractivity contribution is 7.92.